The SMILES string of the molecule is N#Cc1c2ccc([N+](=O)[O-])cc2nc2cc([N+](=O)[O-])ccc12. The van der Waals surface area contributed by atoms with Crippen molar-refractivity contribution in [3.8, 4) is 6.07 Å². The van der Waals surface area contributed by atoms with Crippen LogP contribution in [-0.2, 0) is 0 Å². The number of pyridine rings is 1. The zero-order chi connectivity index (χ0) is 15.9. The van der Waals surface area contributed by atoms with Gasteiger partial charge in [-0.1, -0.05) is 0 Å². The zero-order valence-corrected chi connectivity index (χ0v) is 10.9. The van der Waals surface area contributed by atoms with Gasteiger partial charge >= 0.3 is 0 Å². The van der Waals surface area contributed by atoms with Crippen LogP contribution in [0.5, 0.6) is 0 Å². The number of fused-ring (bicyclic) bond motifs is 2. The molecule has 0 fully saturated rings. The molecule has 1 heterocycles. The quantitative estimate of drug-likeness (QED) is 0.406. The highest BCUT2D eigenvalue weighted by molar-refractivity contribution is 6.01. The van der Waals surface area contributed by atoms with Gasteiger partial charge in [0.05, 0.1) is 26.4 Å². The minimum absolute atomic E-state index is 0.159. The summed E-state index contributed by atoms with van der Waals surface area (Å²) < 4.78 is 0. The van der Waals surface area contributed by atoms with Gasteiger partial charge in [-0.25, -0.2) is 4.98 Å². The summed E-state index contributed by atoms with van der Waals surface area (Å²) in [6.07, 6.45) is 0. The van der Waals surface area contributed by atoms with E-state index in [4.69, 9.17) is 0 Å². The van der Waals surface area contributed by atoms with Crippen molar-refractivity contribution in [2.75, 3.05) is 0 Å². The van der Waals surface area contributed by atoms with E-state index in [9.17, 15) is 25.5 Å². The summed E-state index contributed by atoms with van der Waals surface area (Å²) in [6.45, 7) is 0. The lowest BCUT2D eigenvalue weighted by molar-refractivity contribution is -0.384. The molecule has 3 aromatic rings. The number of aromatic nitrogens is 1. The third-order valence-corrected chi connectivity index (χ3v) is 3.28. The van der Waals surface area contributed by atoms with Crippen molar-refractivity contribution in [1.29, 1.82) is 5.26 Å². The Balaban J connectivity index is 2.43. The molecule has 0 aliphatic rings. The van der Waals surface area contributed by atoms with E-state index in [-0.39, 0.29) is 28.0 Å². The topological polar surface area (TPSA) is 123 Å². The van der Waals surface area contributed by atoms with E-state index in [1.165, 1.54) is 36.4 Å². The number of hydrogen-bond acceptors (Lipinski definition) is 6. The third kappa shape index (κ3) is 1.97. The fourth-order valence-corrected chi connectivity index (χ4v) is 2.27. The van der Waals surface area contributed by atoms with Gasteiger partial charge in [-0.3, -0.25) is 20.2 Å². The molecule has 8 heteroatoms. The van der Waals surface area contributed by atoms with Crippen LogP contribution in [0, 0.1) is 31.6 Å². The summed E-state index contributed by atoms with van der Waals surface area (Å²) >= 11 is 0. The van der Waals surface area contributed by atoms with Gasteiger partial charge in [-0.05, 0) is 12.1 Å². The second kappa shape index (κ2) is 4.75. The molecule has 8 nitrogen and oxygen atoms in total. The lowest BCUT2D eigenvalue weighted by Gasteiger charge is -2.05. The molecule has 0 aliphatic heterocycles. The Morgan fingerprint density at radius 2 is 1.36 bits per heavy atom. The fraction of sp³-hybridized carbons (Fsp3) is 0. The Hall–Kier alpha value is -3.60. The average Bonchev–Trinajstić information content (AvgIpc) is 2.51. The van der Waals surface area contributed by atoms with Crippen LogP contribution in [0.1, 0.15) is 5.56 Å². The molecule has 2 aromatic carbocycles. The number of hydrogen-bond donors (Lipinski definition) is 0. The molecule has 106 valence electrons. The number of benzene rings is 2. The fourth-order valence-electron chi connectivity index (χ4n) is 2.27. The normalized spacial score (nSPS) is 10.5. The Morgan fingerprint density at radius 1 is 0.909 bits per heavy atom. The first-order chi connectivity index (χ1) is 10.5. The van der Waals surface area contributed by atoms with Crippen LogP contribution in [0.15, 0.2) is 36.4 Å². The number of nitrogens with zero attached hydrogens (tertiary/aromatic N) is 4. The molecule has 0 bridgehead atoms. The van der Waals surface area contributed by atoms with Crippen molar-refractivity contribution in [3.05, 3.63) is 62.2 Å². The van der Waals surface area contributed by atoms with Gasteiger partial charge in [0.1, 0.15) is 6.07 Å². The first kappa shape index (κ1) is 13.4. The van der Waals surface area contributed by atoms with Crippen molar-refractivity contribution in [1.82, 2.24) is 4.98 Å². The molecule has 0 radical (unpaired) electrons. The third-order valence-electron chi connectivity index (χ3n) is 3.28. The second-order valence-corrected chi connectivity index (χ2v) is 4.52. The maximum Gasteiger partial charge on any atom is 0.271 e. The highest BCUT2D eigenvalue weighted by Crippen LogP contribution is 2.29. The smallest absolute Gasteiger partial charge is 0.258 e. The first-order valence-electron chi connectivity index (χ1n) is 6.07. The first-order valence-corrected chi connectivity index (χ1v) is 6.07. The summed E-state index contributed by atoms with van der Waals surface area (Å²) in [4.78, 5) is 24.7. The van der Waals surface area contributed by atoms with Crippen LogP contribution in [0.25, 0.3) is 21.8 Å². The van der Waals surface area contributed by atoms with Crippen molar-refractivity contribution in [2.24, 2.45) is 0 Å². The van der Waals surface area contributed by atoms with Crippen molar-refractivity contribution in [2.45, 2.75) is 0 Å². The molecule has 0 N–H and O–H groups in total. The summed E-state index contributed by atoms with van der Waals surface area (Å²) in [5.74, 6) is 0. The molecule has 0 unspecified atom stereocenters. The van der Waals surface area contributed by atoms with E-state index in [0.717, 1.165) is 0 Å². The molecule has 3 rings (SSSR count). The molecule has 1 aromatic heterocycles. The molecule has 0 amide bonds. The van der Waals surface area contributed by atoms with E-state index in [0.29, 0.717) is 10.8 Å². The number of nitriles is 1. The minimum Gasteiger partial charge on any atom is -0.258 e. The zero-order valence-electron chi connectivity index (χ0n) is 10.9. The molecule has 22 heavy (non-hydrogen) atoms. The average molecular weight is 294 g/mol. The van der Waals surface area contributed by atoms with Gasteiger partial charge in [-0.2, -0.15) is 5.26 Å². The Labute approximate surface area is 122 Å². The van der Waals surface area contributed by atoms with Crippen LogP contribution >= 0.6 is 0 Å². The van der Waals surface area contributed by atoms with Gasteiger partial charge < -0.3 is 0 Å². The highest BCUT2D eigenvalue weighted by atomic mass is 16.6. The van der Waals surface area contributed by atoms with Crippen LogP contribution in [0.4, 0.5) is 11.4 Å². The highest BCUT2D eigenvalue weighted by Gasteiger charge is 2.15. The molecule has 0 saturated carbocycles. The summed E-state index contributed by atoms with van der Waals surface area (Å²) in [5.41, 5.74) is 0.463. The summed E-state index contributed by atoms with van der Waals surface area (Å²) in [6, 6.07) is 10.0. The van der Waals surface area contributed by atoms with Crippen LogP contribution < -0.4 is 0 Å². The lowest BCUT2D eigenvalue weighted by Crippen LogP contribution is -1.94. The van der Waals surface area contributed by atoms with E-state index in [1.54, 1.807) is 0 Å². The molecule has 0 spiro atoms. The lowest BCUT2D eigenvalue weighted by atomic mass is 10.0. The summed E-state index contributed by atoms with van der Waals surface area (Å²) in [7, 11) is 0. The van der Waals surface area contributed by atoms with Gasteiger partial charge in [0.25, 0.3) is 11.4 Å². The van der Waals surface area contributed by atoms with Crippen LogP contribution in [-0.4, -0.2) is 14.8 Å². The predicted molar refractivity (Wildman–Crippen MR) is 77.3 cm³/mol. The van der Waals surface area contributed by atoms with Gasteiger partial charge in [0.15, 0.2) is 0 Å². The second-order valence-electron chi connectivity index (χ2n) is 4.52. The number of nitro groups is 2. The van der Waals surface area contributed by atoms with E-state index in [1.807, 2.05) is 6.07 Å². The van der Waals surface area contributed by atoms with Crippen molar-refractivity contribution < 1.29 is 9.85 Å². The minimum atomic E-state index is -0.565. The van der Waals surface area contributed by atoms with Crippen LogP contribution in [0.2, 0.25) is 0 Å². The molecular formula is C14H6N4O4. The van der Waals surface area contributed by atoms with Crippen molar-refractivity contribution in [3.63, 3.8) is 0 Å². The number of non-ortho nitro benzene ring substituents is 2. The number of nitro benzene ring substituents is 2. The standard InChI is InChI=1S/C14H6N4O4/c15-7-12-10-3-1-8(17(19)20)5-13(10)16-14-6-9(18(21)22)2-4-11(12)14/h1-6H. The molecular weight excluding hydrogens is 288 g/mol. The largest absolute Gasteiger partial charge is 0.271 e. The number of rotatable bonds is 2. The molecule has 0 saturated heterocycles. The van der Waals surface area contributed by atoms with Gasteiger partial charge in [-0.15, -0.1) is 0 Å². The molecule has 0 aliphatic carbocycles. The van der Waals surface area contributed by atoms with E-state index in [2.05, 4.69) is 4.98 Å². The Kier molecular flexibility index (Phi) is 2.89. The summed E-state index contributed by atoms with van der Waals surface area (Å²) in [5, 5.41) is 31.9. The van der Waals surface area contributed by atoms with Gasteiger partial charge in [0.2, 0.25) is 0 Å². The van der Waals surface area contributed by atoms with E-state index < -0.39 is 9.85 Å². The maximum absolute atomic E-state index is 10.8. The molecule has 0 atom stereocenters. The Morgan fingerprint density at radius 3 is 1.73 bits per heavy atom. The Bertz CT molecular complexity index is 935. The maximum atomic E-state index is 10.8. The van der Waals surface area contributed by atoms with E-state index >= 15 is 0 Å². The van der Waals surface area contributed by atoms with Crippen LogP contribution in [0.3, 0.4) is 0 Å². The predicted octanol–water partition coefficient (Wildman–Crippen LogP) is 3.08. The van der Waals surface area contributed by atoms with Gasteiger partial charge in [0, 0.05) is 35.0 Å². The van der Waals surface area contributed by atoms with Crippen molar-refractivity contribution >= 4 is 33.2 Å². The monoisotopic (exact) mass is 294 g/mol.